The van der Waals surface area contributed by atoms with Crippen LogP contribution in [0.25, 0.3) is 11.2 Å². The Balaban J connectivity index is 1.44. The first-order valence-electron chi connectivity index (χ1n) is 8.99. The van der Waals surface area contributed by atoms with Crippen LogP contribution in [-0.4, -0.2) is 64.7 Å². The zero-order valence-corrected chi connectivity index (χ0v) is 15.0. The summed E-state index contributed by atoms with van der Waals surface area (Å²) < 4.78 is 6.01. The number of ether oxygens (including phenoxy) is 1. The van der Waals surface area contributed by atoms with Crippen molar-refractivity contribution in [2.75, 3.05) is 44.7 Å². The summed E-state index contributed by atoms with van der Waals surface area (Å²) in [7, 11) is 2.17. The number of rotatable bonds is 5. The minimum atomic E-state index is 0.416. The minimum absolute atomic E-state index is 0.416. The topological polar surface area (TPSA) is 70.2 Å². The first-order chi connectivity index (χ1) is 12.8. The highest BCUT2D eigenvalue weighted by molar-refractivity contribution is 5.82. The average Bonchev–Trinajstić information content (AvgIpc) is 3.07. The van der Waals surface area contributed by atoms with Crippen molar-refractivity contribution in [2.24, 2.45) is 5.92 Å². The predicted octanol–water partition coefficient (Wildman–Crippen LogP) is 1.94. The normalized spacial score (nSPS) is 19.0. The molecule has 1 fully saturated rings. The van der Waals surface area contributed by atoms with E-state index < -0.39 is 0 Å². The summed E-state index contributed by atoms with van der Waals surface area (Å²) in [6.07, 6.45) is 3.27. The molecule has 0 saturated carbocycles. The summed E-state index contributed by atoms with van der Waals surface area (Å²) in [5.74, 6) is 1.34. The van der Waals surface area contributed by atoms with E-state index in [9.17, 15) is 0 Å². The van der Waals surface area contributed by atoms with Crippen LogP contribution in [0.5, 0.6) is 0 Å². The Kier molecular flexibility index (Phi) is 5.08. The summed E-state index contributed by atoms with van der Waals surface area (Å²) in [5.41, 5.74) is 2.83. The molecule has 0 spiro atoms. The third-order valence-corrected chi connectivity index (χ3v) is 4.77. The first-order valence-corrected chi connectivity index (χ1v) is 8.99. The van der Waals surface area contributed by atoms with E-state index in [1.54, 1.807) is 12.7 Å². The van der Waals surface area contributed by atoms with Gasteiger partial charge in [0, 0.05) is 32.1 Å². The Morgan fingerprint density at radius 3 is 2.88 bits per heavy atom. The molecule has 7 nitrogen and oxygen atoms in total. The largest absolute Gasteiger partial charge is 0.376 e. The van der Waals surface area contributed by atoms with Crippen molar-refractivity contribution < 1.29 is 4.74 Å². The molecule has 1 aromatic carbocycles. The molecule has 0 aliphatic carbocycles. The summed E-state index contributed by atoms with van der Waals surface area (Å²) in [4.78, 5) is 20.8. The fourth-order valence-electron chi connectivity index (χ4n) is 3.49. The molecule has 0 bridgehead atoms. The van der Waals surface area contributed by atoms with Gasteiger partial charge in [0.2, 0.25) is 0 Å². The highest BCUT2D eigenvalue weighted by atomic mass is 16.5. The van der Waals surface area contributed by atoms with E-state index in [-0.39, 0.29) is 0 Å². The molecule has 136 valence electrons. The number of hydrogen-bond donors (Lipinski definition) is 1. The number of likely N-dealkylation sites (N-methyl/N-ethyl adjacent to an activating group) is 1. The summed E-state index contributed by atoms with van der Waals surface area (Å²) >= 11 is 0. The van der Waals surface area contributed by atoms with Gasteiger partial charge in [-0.25, -0.2) is 15.0 Å². The number of imidazole rings is 1. The Labute approximate surface area is 153 Å². The highest BCUT2D eigenvalue weighted by Crippen LogP contribution is 2.22. The van der Waals surface area contributed by atoms with Crippen LogP contribution in [-0.2, 0) is 11.3 Å². The lowest BCUT2D eigenvalue weighted by molar-refractivity contribution is 0.0808. The zero-order chi connectivity index (χ0) is 17.8. The molecule has 2 aromatic heterocycles. The second-order valence-corrected chi connectivity index (χ2v) is 6.87. The second-order valence-electron chi connectivity index (χ2n) is 6.87. The number of nitrogens with one attached hydrogen (secondary N) is 1. The van der Waals surface area contributed by atoms with Gasteiger partial charge < -0.3 is 19.5 Å². The molecular weight excluding hydrogens is 328 g/mol. The van der Waals surface area contributed by atoms with Gasteiger partial charge in [-0.15, -0.1) is 0 Å². The van der Waals surface area contributed by atoms with Crippen molar-refractivity contribution in [1.29, 1.82) is 0 Å². The molecule has 1 unspecified atom stereocenters. The molecule has 0 radical (unpaired) electrons. The van der Waals surface area contributed by atoms with E-state index in [1.807, 2.05) is 18.2 Å². The van der Waals surface area contributed by atoms with Crippen LogP contribution in [0.3, 0.4) is 0 Å². The van der Waals surface area contributed by atoms with E-state index in [1.165, 1.54) is 5.56 Å². The molecule has 1 saturated heterocycles. The zero-order valence-electron chi connectivity index (χ0n) is 15.0. The molecule has 7 heteroatoms. The van der Waals surface area contributed by atoms with E-state index in [0.717, 1.165) is 44.1 Å². The number of H-pyrrole nitrogens is 1. The Morgan fingerprint density at radius 1 is 1.12 bits per heavy atom. The summed E-state index contributed by atoms with van der Waals surface area (Å²) in [5, 5.41) is 0. The number of fused-ring (bicyclic) bond motifs is 1. The van der Waals surface area contributed by atoms with Crippen molar-refractivity contribution in [2.45, 2.75) is 6.61 Å². The van der Waals surface area contributed by atoms with E-state index in [2.05, 4.69) is 48.9 Å². The van der Waals surface area contributed by atoms with Gasteiger partial charge in [-0.3, -0.25) is 0 Å². The molecule has 1 aliphatic rings. The van der Waals surface area contributed by atoms with Gasteiger partial charge in [0.15, 0.2) is 11.5 Å². The van der Waals surface area contributed by atoms with Gasteiger partial charge in [-0.05, 0) is 12.6 Å². The van der Waals surface area contributed by atoms with Crippen molar-refractivity contribution in [3.63, 3.8) is 0 Å². The molecule has 3 aromatic rings. The number of anilines is 1. The van der Waals surface area contributed by atoms with Crippen LogP contribution in [0.15, 0.2) is 43.0 Å². The number of aromatic amines is 1. The molecule has 1 atom stereocenters. The average molecular weight is 352 g/mol. The third kappa shape index (κ3) is 3.84. The Morgan fingerprint density at radius 2 is 2.00 bits per heavy atom. The fraction of sp³-hybridized carbons (Fsp3) is 0.421. The predicted molar refractivity (Wildman–Crippen MR) is 101 cm³/mol. The highest BCUT2D eigenvalue weighted by Gasteiger charge is 2.24. The van der Waals surface area contributed by atoms with Crippen LogP contribution >= 0.6 is 0 Å². The maximum atomic E-state index is 6.01. The van der Waals surface area contributed by atoms with Crippen molar-refractivity contribution in [3.05, 3.63) is 48.5 Å². The summed E-state index contributed by atoms with van der Waals surface area (Å²) in [6, 6.07) is 10.3. The van der Waals surface area contributed by atoms with Crippen molar-refractivity contribution >= 4 is 17.0 Å². The number of hydrogen-bond acceptors (Lipinski definition) is 6. The fourth-order valence-corrected chi connectivity index (χ4v) is 3.49. The van der Waals surface area contributed by atoms with Crippen LogP contribution in [0, 0.1) is 5.92 Å². The van der Waals surface area contributed by atoms with Gasteiger partial charge in [0.1, 0.15) is 11.8 Å². The minimum Gasteiger partial charge on any atom is -0.376 e. The molecule has 0 amide bonds. The van der Waals surface area contributed by atoms with Crippen LogP contribution in [0.2, 0.25) is 0 Å². The molecule has 3 heterocycles. The SMILES string of the molecule is CN1CCN(c2ncnc3nc[nH]c23)CC(COCc2ccccc2)C1. The van der Waals surface area contributed by atoms with E-state index >= 15 is 0 Å². The number of nitrogens with zero attached hydrogens (tertiary/aromatic N) is 5. The molecule has 26 heavy (non-hydrogen) atoms. The Hall–Kier alpha value is -2.51. The second kappa shape index (κ2) is 7.80. The number of aromatic nitrogens is 4. The third-order valence-electron chi connectivity index (χ3n) is 4.77. The van der Waals surface area contributed by atoms with Gasteiger partial charge in [-0.1, -0.05) is 30.3 Å². The lowest BCUT2D eigenvalue weighted by Crippen LogP contribution is -2.32. The van der Waals surface area contributed by atoms with Crippen LogP contribution < -0.4 is 4.90 Å². The van der Waals surface area contributed by atoms with E-state index in [0.29, 0.717) is 18.2 Å². The first kappa shape index (κ1) is 16.9. The Bertz CT molecular complexity index is 836. The van der Waals surface area contributed by atoms with Crippen molar-refractivity contribution in [3.8, 4) is 0 Å². The smallest absolute Gasteiger partial charge is 0.182 e. The number of benzene rings is 1. The van der Waals surface area contributed by atoms with Gasteiger partial charge in [-0.2, -0.15) is 0 Å². The summed E-state index contributed by atoms with van der Waals surface area (Å²) in [6.45, 7) is 5.23. The molecule has 4 rings (SSSR count). The standard InChI is InChI=1S/C19H24N6O/c1-24-7-8-25(19-17-18(21-13-20-17)22-14-23-19)10-16(9-24)12-26-11-15-5-3-2-4-6-15/h2-6,13-14,16H,7-12H2,1H3,(H,20,21,22,23). The van der Waals surface area contributed by atoms with Crippen molar-refractivity contribution in [1.82, 2.24) is 24.8 Å². The lowest BCUT2D eigenvalue weighted by atomic mass is 10.1. The van der Waals surface area contributed by atoms with Gasteiger partial charge >= 0.3 is 0 Å². The molecule has 1 aliphatic heterocycles. The quantitative estimate of drug-likeness (QED) is 0.757. The van der Waals surface area contributed by atoms with Gasteiger partial charge in [0.05, 0.1) is 19.5 Å². The van der Waals surface area contributed by atoms with Gasteiger partial charge in [0.25, 0.3) is 0 Å². The van der Waals surface area contributed by atoms with Crippen LogP contribution in [0.1, 0.15) is 5.56 Å². The monoisotopic (exact) mass is 352 g/mol. The maximum absolute atomic E-state index is 6.01. The van der Waals surface area contributed by atoms with Crippen LogP contribution in [0.4, 0.5) is 5.82 Å². The van der Waals surface area contributed by atoms with E-state index in [4.69, 9.17) is 4.74 Å². The maximum Gasteiger partial charge on any atom is 0.182 e. The molecular formula is C19H24N6O. The lowest BCUT2D eigenvalue weighted by Gasteiger charge is -2.25. The molecule has 1 N–H and O–H groups in total.